The number of amides is 2. The summed E-state index contributed by atoms with van der Waals surface area (Å²) in [5, 5.41) is 4.11. The summed E-state index contributed by atoms with van der Waals surface area (Å²) in [4.78, 5) is 33.2. The number of hydrogen-bond acceptors (Lipinski definition) is 5. The van der Waals surface area contributed by atoms with Gasteiger partial charge in [-0.3, -0.25) is 14.3 Å². The highest BCUT2D eigenvalue weighted by atomic mass is 16.5. The number of fused-ring (bicyclic) bond motifs is 1. The predicted molar refractivity (Wildman–Crippen MR) is 111 cm³/mol. The van der Waals surface area contributed by atoms with Crippen molar-refractivity contribution in [3.63, 3.8) is 0 Å². The molecule has 0 radical (unpaired) electrons. The lowest BCUT2D eigenvalue weighted by molar-refractivity contribution is -0.143. The third-order valence-corrected chi connectivity index (χ3v) is 6.03. The van der Waals surface area contributed by atoms with Crippen molar-refractivity contribution in [2.24, 2.45) is 5.92 Å². The van der Waals surface area contributed by atoms with Gasteiger partial charge in [-0.05, 0) is 25.8 Å². The Morgan fingerprint density at radius 3 is 2.80 bits per heavy atom. The third kappa shape index (κ3) is 4.17. The van der Waals surface area contributed by atoms with Crippen LogP contribution in [0.4, 0.5) is 0 Å². The maximum atomic E-state index is 13.2. The number of benzene rings is 1. The molecule has 2 aliphatic rings. The van der Waals surface area contributed by atoms with Crippen molar-refractivity contribution in [2.45, 2.75) is 52.3 Å². The predicted octanol–water partition coefficient (Wildman–Crippen LogP) is 2.02. The first-order chi connectivity index (χ1) is 14.3. The Morgan fingerprint density at radius 1 is 1.27 bits per heavy atom. The zero-order chi connectivity index (χ0) is 21.3. The number of piperidine rings is 1. The van der Waals surface area contributed by atoms with E-state index < -0.39 is 5.60 Å². The van der Waals surface area contributed by atoms with Crippen LogP contribution in [0.3, 0.4) is 0 Å². The number of carbonyl (C=O) groups excluding carboxylic acids is 2. The van der Waals surface area contributed by atoms with E-state index in [1.165, 1.54) is 6.33 Å². The number of rotatable bonds is 3. The standard InChI is InChI=1S/C22H29N5O3/c1-16-5-6-20-19(9-16)11-26(18(3)28)13-22(30-20)7-4-8-25(12-22)21(29)17(2)10-27-15-23-14-24-27/h5-6,9,14-15,17H,4,7-8,10-13H2,1-3H3. The molecular formula is C22H29N5O3. The highest BCUT2D eigenvalue weighted by molar-refractivity contribution is 5.78. The van der Waals surface area contributed by atoms with E-state index in [2.05, 4.69) is 16.1 Å². The fourth-order valence-corrected chi connectivity index (χ4v) is 4.52. The van der Waals surface area contributed by atoms with Crippen LogP contribution >= 0.6 is 0 Å². The van der Waals surface area contributed by atoms with Crippen LogP contribution in [0.25, 0.3) is 0 Å². The minimum absolute atomic E-state index is 0.0235. The quantitative estimate of drug-likeness (QED) is 0.772. The molecule has 2 aromatic rings. The summed E-state index contributed by atoms with van der Waals surface area (Å²) in [6.07, 6.45) is 4.75. The van der Waals surface area contributed by atoms with Gasteiger partial charge in [-0.1, -0.05) is 24.6 Å². The van der Waals surface area contributed by atoms with Crippen LogP contribution in [0, 0.1) is 12.8 Å². The zero-order valence-corrected chi connectivity index (χ0v) is 17.9. The average molecular weight is 412 g/mol. The molecule has 30 heavy (non-hydrogen) atoms. The molecular weight excluding hydrogens is 382 g/mol. The van der Waals surface area contributed by atoms with Gasteiger partial charge < -0.3 is 14.5 Å². The molecule has 0 bridgehead atoms. The molecule has 2 amide bonds. The van der Waals surface area contributed by atoms with Gasteiger partial charge in [0, 0.05) is 25.6 Å². The van der Waals surface area contributed by atoms with Crippen molar-refractivity contribution in [1.82, 2.24) is 24.6 Å². The number of nitrogens with zero attached hydrogens (tertiary/aromatic N) is 5. The van der Waals surface area contributed by atoms with Gasteiger partial charge in [0.25, 0.3) is 0 Å². The fraction of sp³-hybridized carbons (Fsp3) is 0.545. The topological polar surface area (TPSA) is 80.6 Å². The van der Waals surface area contributed by atoms with Crippen LogP contribution < -0.4 is 4.74 Å². The molecule has 2 unspecified atom stereocenters. The van der Waals surface area contributed by atoms with Gasteiger partial charge in [0.1, 0.15) is 24.0 Å². The van der Waals surface area contributed by atoms with Gasteiger partial charge in [-0.25, -0.2) is 4.98 Å². The van der Waals surface area contributed by atoms with E-state index in [0.29, 0.717) is 32.7 Å². The molecule has 0 N–H and O–H groups in total. The van der Waals surface area contributed by atoms with Gasteiger partial charge in [0.05, 0.1) is 25.6 Å². The minimum atomic E-state index is -0.590. The smallest absolute Gasteiger partial charge is 0.227 e. The van der Waals surface area contributed by atoms with E-state index in [9.17, 15) is 9.59 Å². The van der Waals surface area contributed by atoms with Gasteiger partial charge in [0.2, 0.25) is 11.8 Å². The Bertz CT molecular complexity index is 929. The number of hydrogen-bond donors (Lipinski definition) is 0. The van der Waals surface area contributed by atoms with E-state index in [1.807, 2.05) is 35.8 Å². The monoisotopic (exact) mass is 411 g/mol. The zero-order valence-electron chi connectivity index (χ0n) is 17.9. The molecule has 1 aromatic carbocycles. The lowest BCUT2D eigenvalue weighted by Gasteiger charge is -2.44. The molecule has 4 rings (SSSR count). The summed E-state index contributed by atoms with van der Waals surface area (Å²) < 4.78 is 8.25. The van der Waals surface area contributed by atoms with E-state index in [0.717, 1.165) is 29.7 Å². The van der Waals surface area contributed by atoms with E-state index in [1.54, 1.807) is 17.9 Å². The lowest BCUT2D eigenvalue weighted by Crippen LogP contribution is -2.59. The number of aromatic nitrogens is 3. The summed E-state index contributed by atoms with van der Waals surface area (Å²) in [6, 6.07) is 6.10. The normalized spacial score (nSPS) is 22.2. The van der Waals surface area contributed by atoms with Crippen molar-refractivity contribution in [1.29, 1.82) is 0 Å². The molecule has 1 saturated heterocycles. The van der Waals surface area contributed by atoms with Gasteiger partial charge in [-0.15, -0.1) is 0 Å². The highest BCUT2D eigenvalue weighted by Gasteiger charge is 2.44. The SMILES string of the molecule is CC(=O)N1Cc2cc(C)ccc2OC2(CCCN(C(=O)C(C)Cn3cncn3)C2)C1. The van der Waals surface area contributed by atoms with Crippen molar-refractivity contribution >= 4 is 11.8 Å². The highest BCUT2D eigenvalue weighted by Crippen LogP contribution is 2.35. The van der Waals surface area contributed by atoms with Gasteiger partial charge in [0.15, 0.2) is 0 Å². The molecule has 1 spiro atoms. The summed E-state index contributed by atoms with van der Waals surface area (Å²) in [5.41, 5.74) is 1.57. The largest absolute Gasteiger partial charge is 0.483 e. The Kier molecular flexibility index (Phi) is 5.49. The fourth-order valence-electron chi connectivity index (χ4n) is 4.52. The first kappa shape index (κ1) is 20.4. The van der Waals surface area contributed by atoms with Crippen LogP contribution in [0.15, 0.2) is 30.9 Å². The van der Waals surface area contributed by atoms with E-state index in [-0.39, 0.29) is 17.7 Å². The van der Waals surface area contributed by atoms with Crippen LogP contribution in [-0.4, -0.2) is 61.6 Å². The Labute approximate surface area is 176 Å². The van der Waals surface area contributed by atoms with Crippen LogP contribution in [0.1, 0.15) is 37.8 Å². The Hall–Kier alpha value is -2.90. The van der Waals surface area contributed by atoms with Crippen LogP contribution in [-0.2, 0) is 22.7 Å². The number of ether oxygens (including phenoxy) is 1. The molecule has 0 aliphatic carbocycles. The van der Waals surface area contributed by atoms with Crippen molar-refractivity contribution in [2.75, 3.05) is 19.6 Å². The maximum absolute atomic E-state index is 13.2. The molecule has 8 heteroatoms. The van der Waals surface area contributed by atoms with Crippen LogP contribution in [0.5, 0.6) is 5.75 Å². The second-order valence-electron chi connectivity index (χ2n) is 8.65. The molecule has 0 saturated carbocycles. The first-order valence-electron chi connectivity index (χ1n) is 10.5. The molecule has 8 nitrogen and oxygen atoms in total. The van der Waals surface area contributed by atoms with Gasteiger partial charge >= 0.3 is 0 Å². The maximum Gasteiger partial charge on any atom is 0.227 e. The summed E-state index contributed by atoms with van der Waals surface area (Å²) in [5.74, 6) is 0.701. The lowest BCUT2D eigenvalue weighted by atomic mass is 9.91. The van der Waals surface area contributed by atoms with E-state index in [4.69, 9.17) is 4.74 Å². The molecule has 1 aromatic heterocycles. The Balaban J connectivity index is 1.56. The van der Waals surface area contributed by atoms with Gasteiger partial charge in [-0.2, -0.15) is 5.10 Å². The molecule has 3 heterocycles. The first-order valence-corrected chi connectivity index (χ1v) is 10.5. The minimum Gasteiger partial charge on any atom is -0.483 e. The number of likely N-dealkylation sites (tertiary alicyclic amines) is 1. The summed E-state index contributed by atoms with van der Waals surface area (Å²) in [6.45, 7) is 8.24. The van der Waals surface area contributed by atoms with E-state index >= 15 is 0 Å². The molecule has 160 valence electrons. The molecule has 1 fully saturated rings. The third-order valence-electron chi connectivity index (χ3n) is 6.03. The second-order valence-corrected chi connectivity index (χ2v) is 8.65. The Morgan fingerprint density at radius 2 is 2.07 bits per heavy atom. The van der Waals surface area contributed by atoms with Crippen molar-refractivity contribution in [3.8, 4) is 5.75 Å². The number of carbonyl (C=O) groups is 2. The van der Waals surface area contributed by atoms with Crippen LogP contribution in [0.2, 0.25) is 0 Å². The molecule has 2 atom stereocenters. The summed E-state index contributed by atoms with van der Waals surface area (Å²) >= 11 is 0. The average Bonchev–Trinajstić information content (AvgIpc) is 3.16. The van der Waals surface area contributed by atoms with Crippen molar-refractivity contribution < 1.29 is 14.3 Å². The summed E-state index contributed by atoms with van der Waals surface area (Å²) in [7, 11) is 0. The van der Waals surface area contributed by atoms with Crippen molar-refractivity contribution in [3.05, 3.63) is 42.0 Å². The number of aryl methyl sites for hydroxylation is 1. The molecule has 2 aliphatic heterocycles. The second kappa shape index (κ2) is 8.08.